The van der Waals surface area contributed by atoms with Gasteiger partial charge in [-0.15, -0.1) is 11.3 Å². The van der Waals surface area contributed by atoms with Gasteiger partial charge in [0, 0.05) is 37.6 Å². The number of aryl methyl sites for hydroxylation is 3. The number of thiazole rings is 1. The summed E-state index contributed by atoms with van der Waals surface area (Å²) in [7, 11) is 1.88. The van der Waals surface area contributed by atoms with Crippen LogP contribution in [0.15, 0.2) is 11.7 Å². The molecule has 0 unspecified atom stereocenters. The van der Waals surface area contributed by atoms with Crippen molar-refractivity contribution in [3.63, 3.8) is 0 Å². The lowest BCUT2D eigenvalue weighted by Crippen LogP contribution is -2.19. The second-order valence-corrected chi connectivity index (χ2v) is 5.74. The third-order valence-corrected chi connectivity index (χ3v) is 4.24. The summed E-state index contributed by atoms with van der Waals surface area (Å²) in [6, 6.07) is 0. The number of nitrogens with zero attached hydrogens (tertiary/aromatic N) is 5. The Morgan fingerprint density at radius 2 is 2.20 bits per heavy atom. The maximum Gasteiger partial charge on any atom is 0.194 e. The van der Waals surface area contributed by atoms with Crippen LogP contribution in [0.3, 0.4) is 0 Å². The molecule has 6 nitrogen and oxygen atoms in total. The summed E-state index contributed by atoms with van der Waals surface area (Å²) in [5, 5.41) is 9.86. The van der Waals surface area contributed by atoms with E-state index in [1.807, 2.05) is 7.05 Å². The molecule has 0 fully saturated rings. The molecule has 0 aliphatic carbocycles. The van der Waals surface area contributed by atoms with Crippen LogP contribution in [0.2, 0.25) is 0 Å². The van der Waals surface area contributed by atoms with E-state index in [4.69, 9.17) is 0 Å². The molecule has 0 amide bonds. The number of nitrogens with one attached hydrogen (secondary N) is 1. The van der Waals surface area contributed by atoms with E-state index in [1.165, 1.54) is 11.4 Å². The van der Waals surface area contributed by atoms with Crippen LogP contribution in [0.4, 0.5) is 0 Å². The van der Waals surface area contributed by atoms with Crippen LogP contribution in [0.1, 0.15) is 22.9 Å². The molecular formula is C13H18N6S. The second-order valence-electron chi connectivity index (χ2n) is 4.90. The van der Waals surface area contributed by atoms with Crippen LogP contribution in [-0.2, 0) is 20.0 Å². The standard InChI is InChI=1S/C13H18N6S/c1-9-7-20-13-16-10(2)11(19(9)13)6-14-5-4-12-15-8-18(3)17-12/h7-8,14H,4-6H2,1-3H3. The third-order valence-electron chi connectivity index (χ3n) is 3.29. The SMILES string of the molecule is Cc1nc2scc(C)n2c1CNCCc1ncn(C)n1. The largest absolute Gasteiger partial charge is 0.311 e. The predicted octanol–water partition coefficient (Wildman–Crippen LogP) is 1.47. The second kappa shape index (κ2) is 5.34. The van der Waals surface area contributed by atoms with E-state index >= 15 is 0 Å². The molecule has 0 spiro atoms. The molecular weight excluding hydrogens is 272 g/mol. The van der Waals surface area contributed by atoms with Crippen LogP contribution < -0.4 is 5.32 Å². The van der Waals surface area contributed by atoms with E-state index in [1.54, 1.807) is 22.3 Å². The predicted molar refractivity (Wildman–Crippen MR) is 79.0 cm³/mol. The minimum Gasteiger partial charge on any atom is -0.311 e. The van der Waals surface area contributed by atoms with E-state index in [0.29, 0.717) is 0 Å². The molecule has 0 atom stereocenters. The fourth-order valence-corrected chi connectivity index (χ4v) is 3.21. The molecule has 3 heterocycles. The van der Waals surface area contributed by atoms with Crippen molar-refractivity contribution in [1.29, 1.82) is 0 Å². The molecule has 1 N–H and O–H groups in total. The summed E-state index contributed by atoms with van der Waals surface area (Å²) in [5.41, 5.74) is 3.59. The minimum absolute atomic E-state index is 0.817. The zero-order chi connectivity index (χ0) is 14.1. The Kier molecular flexibility index (Phi) is 3.54. The van der Waals surface area contributed by atoms with Gasteiger partial charge in [-0.25, -0.2) is 9.97 Å². The maximum absolute atomic E-state index is 4.59. The molecule has 0 aliphatic rings. The molecule has 0 saturated heterocycles. The van der Waals surface area contributed by atoms with Gasteiger partial charge in [-0.2, -0.15) is 5.10 Å². The molecule has 0 aliphatic heterocycles. The average molecular weight is 290 g/mol. The number of hydrogen-bond donors (Lipinski definition) is 1. The molecule has 0 saturated carbocycles. The van der Waals surface area contributed by atoms with Crippen molar-refractivity contribution in [3.8, 4) is 0 Å². The Morgan fingerprint density at radius 1 is 1.35 bits per heavy atom. The summed E-state index contributed by atoms with van der Waals surface area (Å²) in [4.78, 5) is 9.88. The molecule has 3 rings (SSSR count). The first-order valence-electron chi connectivity index (χ1n) is 6.62. The van der Waals surface area contributed by atoms with Gasteiger partial charge in [0.25, 0.3) is 0 Å². The highest BCUT2D eigenvalue weighted by atomic mass is 32.1. The maximum atomic E-state index is 4.59. The fraction of sp³-hybridized carbons (Fsp3) is 0.462. The molecule has 0 radical (unpaired) electrons. The Morgan fingerprint density at radius 3 is 2.95 bits per heavy atom. The molecule has 20 heavy (non-hydrogen) atoms. The van der Waals surface area contributed by atoms with Crippen molar-refractivity contribution in [1.82, 2.24) is 29.5 Å². The van der Waals surface area contributed by atoms with Crippen molar-refractivity contribution in [2.75, 3.05) is 6.54 Å². The zero-order valence-corrected chi connectivity index (χ0v) is 12.7. The first-order valence-corrected chi connectivity index (χ1v) is 7.50. The number of rotatable bonds is 5. The van der Waals surface area contributed by atoms with Crippen molar-refractivity contribution >= 4 is 16.3 Å². The lowest BCUT2D eigenvalue weighted by atomic mass is 10.3. The normalized spacial score (nSPS) is 11.6. The topological polar surface area (TPSA) is 60.0 Å². The molecule has 106 valence electrons. The number of imidazole rings is 1. The average Bonchev–Trinajstić information content (AvgIpc) is 3.05. The van der Waals surface area contributed by atoms with Gasteiger partial charge in [-0.05, 0) is 13.8 Å². The van der Waals surface area contributed by atoms with E-state index in [0.717, 1.165) is 36.0 Å². The first-order chi connectivity index (χ1) is 9.65. The monoisotopic (exact) mass is 290 g/mol. The lowest BCUT2D eigenvalue weighted by Gasteiger charge is -2.05. The van der Waals surface area contributed by atoms with Crippen molar-refractivity contribution < 1.29 is 0 Å². The van der Waals surface area contributed by atoms with Crippen molar-refractivity contribution in [2.24, 2.45) is 7.05 Å². The Hall–Kier alpha value is -1.73. The summed E-state index contributed by atoms with van der Waals surface area (Å²) in [5.74, 6) is 0.877. The van der Waals surface area contributed by atoms with Gasteiger partial charge in [0.15, 0.2) is 10.8 Å². The minimum atomic E-state index is 0.817. The summed E-state index contributed by atoms with van der Waals surface area (Å²) >= 11 is 1.69. The van der Waals surface area contributed by atoms with Crippen LogP contribution in [0.25, 0.3) is 4.96 Å². The van der Waals surface area contributed by atoms with Gasteiger partial charge in [0.1, 0.15) is 6.33 Å². The first kappa shape index (κ1) is 13.3. The van der Waals surface area contributed by atoms with E-state index < -0.39 is 0 Å². The summed E-state index contributed by atoms with van der Waals surface area (Å²) < 4.78 is 3.96. The highest BCUT2D eigenvalue weighted by Gasteiger charge is 2.11. The summed E-state index contributed by atoms with van der Waals surface area (Å²) in [6.45, 7) is 5.86. The molecule has 0 bridgehead atoms. The highest BCUT2D eigenvalue weighted by Crippen LogP contribution is 2.20. The van der Waals surface area contributed by atoms with Crippen LogP contribution in [-0.4, -0.2) is 30.7 Å². The highest BCUT2D eigenvalue weighted by molar-refractivity contribution is 7.15. The number of hydrogen-bond acceptors (Lipinski definition) is 5. The Bertz CT molecular complexity index is 722. The molecule has 3 aromatic rings. The molecule has 3 aromatic heterocycles. The lowest BCUT2D eigenvalue weighted by molar-refractivity contribution is 0.647. The van der Waals surface area contributed by atoms with Crippen molar-refractivity contribution in [2.45, 2.75) is 26.8 Å². The molecule has 0 aromatic carbocycles. The van der Waals surface area contributed by atoms with Crippen molar-refractivity contribution in [3.05, 3.63) is 34.6 Å². The number of aromatic nitrogens is 5. The molecule has 7 heteroatoms. The van der Waals surface area contributed by atoms with Gasteiger partial charge in [-0.3, -0.25) is 9.08 Å². The zero-order valence-electron chi connectivity index (χ0n) is 11.9. The van der Waals surface area contributed by atoms with E-state index in [2.05, 4.69) is 44.0 Å². The van der Waals surface area contributed by atoms with Gasteiger partial charge in [0.05, 0.1) is 11.4 Å². The smallest absolute Gasteiger partial charge is 0.194 e. The third kappa shape index (κ3) is 2.46. The van der Waals surface area contributed by atoms with Gasteiger partial charge >= 0.3 is 0 Å². The van der Waals surface area contributed by atoms with Crippen LogP contribution in [0, 0.1) is 13.8 Å². The fourth-order valence-electron chi connectivity index (χ4n) is 2.28. The van der Waals surface area contributed by atoms with Gasteiger partial charge in [0.2, 0.25) is 0 Å². The van der Waals surface area contributed by atoms with E-state index in [-0.39, 0.29) is 0 Å². The Balaban J connectivity index is 1.62. The van der Waals surface area contributed by atoms with Crippen LogP contribution in [0.5, 0.6) is 0 Å². The van der Waals surface area contributed by atoms with Gasteiger partial charge < -0.3 is 5.32 Å². The van der Waals surface area contributed by atoms with Gasteiger partial charge in [-0.1, -0.05) is 0 Å². The van der Waals surface area contributed by atoms with Crippen LogP contribution >= 0.6 is 11.3 Å². The quantitative estimate of drug-likeness (QED) is 0.723. The Labute approximate surface area is 121 Å². The summed E-state index contributed by atoms with van der Waals surface area (Å²) in [6.07, 6.45) is 2.57. The van der Waals surface area contributed by atoms with E-state index in [9.17, 15) is 0 Å². The number of fused-ring (bicyclic) bond motifs is 1.